The first-order valence-corrected chi connectivity index (χ1v) is 10.4. The highest BCUT2D eigenvalue weighted by molar-refractivity contribution is 5.98. The molecule has 1 aromatic carbocycles. The molecule has 0 N–H and O–H groups in total. The Morgan fingerprint density at radius 3 is 2.59 bits per heavy atom. The third-order valence-corrected chi connectivity index (χ3v) is 5.13. The number of benzene rings is 1. The fraction of sp³-hybridized carbons (Fsp3) is 0.409. The van der Waals surface area contributed by atoms with Crippen LogP contribution in [0.15, 0.2) is 47.8 Å². The van der Waals surface area contributed by atoms with E-state index in [4.69, 9.17) is 9.57 Å². The predicted octanol–water partition coefficient (Wildman–Crippen LogP) is 4.11. The largest absolute Gasteiger partial charge is 0.469 e. The maximum absolute atomic E-state index is 13.3. The minimum atomic E-state index is -2.86. The van der Waals surface area contributed by atoms with Gasteiger partial charge in [0, 0.05) is 36.9 Å². The van der Waals surface area contributed by atoms with Crippen LogP contribution >= 0.6 is 0 Å². The Morgan fingerprint density at radius 1 is 1.16 bits per heavy atom. The molecule has 8 nitrogen and oxygen atoms in total. The van der Waals surface area contributed by atoms with E-state index in [1.165, 1.54) is 25.0 Å². The normalized spacial score (nSPS) is 14.4. The summed E-state index contributed by atoms with van der Waals surface area (Å²) in [5.74, 6) is -1.07. The number of tetrazole rings is 1. The van der Waals surface area contributed by atoms with Crippen molar-refractivity contribution in [2.75, 3.05) is 0 Å². The van der Waals surface area contributed by atoms with Crippen molar-refractivity contribution in [2.24, 2.45) is 11.1 Å². The number of hydrogen-bond acceptors (Lipinski definition) is 7. The van der Waals surface area contributed by atoms with Gasteiger partial charge in [0.1, 0.15) is 6.61 Å². The summed E-state index contributed by atoms with van der Waals surface area (Å²) in [6, 6.07) is 9.56. The molecular weight excluding hydrogens is 418 g/mol. The number of rotatable bonds is 10. The Morgan fingerprint density at radius 2 is 1.94 bits per heavy atom. The van der Waals surface area contributed by atoms with Crippen LogP contribution in [0.2, 0.25) is 0 Å². The van der Waals surface area contributed by atoms with Crippen molar-refractivity contribution in [2.45, 2.75) is 52.4 Å². The molecule has 0 saturated heterocycles. The lowest BCUT2D eigenvalue weighted by atomic mass is 10.1. The SMILES string of the molecule is CC(=NOCc1ccc(C(C)(F)F)cc1)c1ccc(OCc2nnnn2CC2CC2)nc1. The lowest BCUT2D eigenvalue weighted by Crippen LogP contribution is -2.10. The van der Waals surface area contributed by atoms with E-state index in [9.17, 15) is 8.78 Å². The van der Waals surface area contributed by atoms with Gasteiger partial charge in [0.05, 0.1) is 5.71 Å². The third-order valence-electron chi connectivity index (χ3n) is 5.13. The topological polar surface area (TPSA) is 87.3 Å². The number of halogens is 2. The molecule has 1 fully saturated rings. The van der Waals surface area contributed by atoms with Gasteiger partial charge >= 0.3 is 0 Å². The number of hydrogen-bond donors (Lipinski definition) is 0. The maximum Gasteiger partial charge on any atom is 0.270 e. The Balaban J connectivity index is 1.27. The lowest BCUT2D eigenvalue weighted by Gasteiger charge is -2.10. The van der Waals surface area contributed by atoms with E-state index in [2.05, 4.69) is 25.7 Å². The van der Waals surface area contributed by atoms with Gasteiger partial charge in [-0.3, -0.25) is 0 Å². The van der Waals surface area contributed by atoms with Crippen LogP contribution in [0.25, 0.3) is 0 Å². The molecule has 10 heteroatoms. The van der Waals surface area contributed by atoms with E-state index < -0.39 is 5.92 Å². The van der Waals surface area contributed by atoms with Gasteiger partial charge in [-0.1, -0.05) is 29.4 Å². The van der Waals surface area contributed by atoms with Crippen LogP contribution in [0.5, 0.6) is 5.88 Å². The molecule has 0 bridgehead atoms. The number of alkyl halides is 2. The number of ether oxygens (including phenoxy) is 1. The molecule has 0 spiro atoms. The Hall–Kier alpha value is -3.43. The average Bonchev–Trinajstić information content (AvgIpc) is 3.49. The first-order chi connectivity index (χ1) is 15.4. The second-order valence-electron chi connectivity index (χ2n) is 7.93. The van der Waals surface area contributed by atoms with Gasteiger partial charge in [0.25, 0.3) is 5.92 Å². The summed E-state index contributed by atoms with van der Waals surface area (Å²) in [5.41, 5.74) is 2.13. The van der Waals surface area contributed by atoms with Gasteiger partial charge < -0.3 is 9.57 Å². The van der Waals surface area contributed by atoms with Gasteiger partial charge in [-0.15, -0.1) is 5.10 Å². The Kier molecular flexibility index (Phi) is 6.38. The summed E-state index contributed by atoms with van der Waals surface area (Å²) < 4.78 is 34.0. The van der Waals surface area contributed by atoms with Gasteiger partial charge in [-0.25, -0.2) is 18.4 Å². The summed E-state index contributed by atoms with van der Waals surface area (Å²) in [4.78, 5) is 9.65. The summed E-state index contributed by atoms with van der Waals surface area (Å²) in [7, 11) is 0. The quantitative estimate of drug-likeness (QED) is 0.347. The summed E-state index contributed by atoms with van der Waals surface area (Å²) in [5, 5.41) is 15.8. The number of aromatic nitrogens is 5. The maximum atomic E-state index is 13.3. The number of oxime groups is 1. The van der Waals surface area contributed by atoms with Crippen LogP contribution < -0.4 is 4.74 Å². The Labute approximate surface area is 184 Å². The Bertz CT molecular complexity index is 1060. The third kappa shape index (κ3) is 5.83. The molecule has 4 rings (SSSR count). The molecule has 0 aliphatic heterocycles. The van der Waals surface area contributed by atoms with Crippen molar-refractivity contribution < 1.29 is 18.4 Å². The van der Waals surface area contributed by atoms with Crippen LogP contribution in [-0.4, -0.2) is 30.9 Å². The zero-order valence-corrected chi connectivity index (χ0v) is 17.9. The van der Waals surface area contributed by atoms with E-state index in [0.717, 1.165) is 24.6 Å². The standard InChI is InChI=1S/C22H24F2N6O2/c1-15(27-32-13-17-5-8-19(9-6-17)22(2,23)24)18-7-10-21(25-11-18)31-14-20-26-28-29-30(20)12-16-3-4-16/h5-11,16H,3-4,12-14H2,1-2H3. The minimum Gasteiger partial charge on any atom is -0.469 e. The molecule has 0 amide bonds. The minimum absolute atomic E-state index is 0.0336. The molecule has 2 aromatic heterocycles. The second kappa shape index (κ2) is 9.37. The van der Waals surface area contributed by atoms with E-state index in [1.807, 2.05) is 6.07 Å². The molecule has 0 unspecified atom stereocenters. The van der Waals surface area contributed by atoms with E-state index in [-0.39, 0.29) is 18.8 Å². The fourth-order valence-electron chi connectivity index (χ4n) is 2.98. The van der Waals surface area contributed by atoms with Crippen molar-refractivity contribution in [1.29, 1.82) is 0 Å². The van der Waals surface area contributed by atoms with E-state index >= 15 is 0 Å². The van der Waals surface area contributed by atoms with E-state index in [0.29, 0.717) is 23.3 Å². The van der Waals surface area contributed by atoms with Gasteiger partial charge in [-0.2, -0.15) is 0 Å². The van der Waals surface area contributed by atoms with Gasteiger partial charge in [-0.05, 0) is 47.7 Å². The molecule has 0 atom stereocenters. The zero-order valence-electron chi connectivity index (χ0n) is 17.9. The van der Waals surface area contributed by atoms with Crippen molar-refractivity contribution >= 4 is 5.71 Å². The molecule has 2 heterocycles. The van der Waals surface area contributed by atoms with Crippen molar-refractivity contribution in [3.05, 3.63) is 65.1 Å². The van der Waals surface area contributed by atoms with Gasteiger partial charge in [0.2, 0.25) is 5.88 Å². The molecular formula is C22H24F2N6O2. The smallest absolute Gasteiger partial charge is 0.270 e. The lowest BCUT2D eigenvalue weighted by molar-refractivity contribution is 0.0174. The van der Waals surface area contributed by atoms with Crippen molar-refractivity contribution in [3.8, 4) is 5.88 Å². The van der Waals surface area contributed by atoms with Crippen LogP contribution in [-0.2, 0) is 30.5 Å². The molecule has 0 radical (unpaired) electrons. The van der Waals surface area contributed by atoms with Crippen LogP contribution in [0.1, 0.15) is 49.2 Å². The van der Waals surface area contributed by atoms with Crippen molar-refractivity contribution in [3.63, 3.8) is 0 Å². The monoisotopic (exact) mass is 442 g/mol. The second-order valence-corrected chi connectivity index (χ2v) is 7.93. The van der Waals surface area contributed by atoms with Crippen LogP contribution in [0, 0.1) is 5.92 Å². The van der Waals surface area contributed by atoms with E-state index in [1.54, 1.807) is 36.0 Å². The number of nitrogens with zero attached hydrogens (tertiary/aromatic N) is 6. The summed E-state index contributed by atoms with van der Waals surface area (Å²) in [6.45, 7) is 3.91. The van der Waals surface area contributed by atoms with Gasteiger partial charge in [0.15, 0.2) is 12.4 Å². The molecule has 1 saturated carbocycles. The van der Waals surface area contributed by atoms with Crippen molar-refractivity contribution in [1.82, 2.24) is 25.2 Å². The van der Waals surface area contributed by atoms with Crippen LogP contribution in [0.4, 0.5) is 8.78 Å². The first-order valence-electron chi connectivity index (χ1n) is 10.4. The molecule has 168 valence electrons. The summed E-state index contributed by atoms with van der Waals surface area (Å²) >= 11 is 0. The number of pyridine rings is 1. The predicted molar refractivity (Wildman–Crippen MR) is 112 cm³/mol. The van der Waals surface area contributed by atoms with Crippen LogP contribution in [0.3, 0.4) is 0 Å². The highest BCUT2D eigenvalue weighted by Gasteiger charge is 2.24. The zero-order chi connectivity index (χ0) is 22.6. The average molecular weight is 442 g/mol. The highest BCUT2D eigenvalue weighted by Crippen LogP contribution is 2.30. The first kappa shape index (κ1) is 21.8. The fourth-order valence-corrected chi connectivity index (χ4v) is 2.98. The summed E-state index contributed by atoms with van der Waals surface area (Å²) in [6.07, 6.45) is 4.08. The molecule has 1 aliphatic carbocycles. The highest BCUT2D eigenvalue weighted by atomic mass is 19.3. The molecule has 3 aromatic rings. The molecule has 1 aliphatic rings. The molecule has 32 heavy (non-hydrogen) atoms.